The lowest BCUT2D eigenvalue weighted by Crippen LogP contribution is -2.49. The van der Waals surface area contributed by atoms with Crippen molar-refractivity contribution in [1.29, 1.82) is 0 Å². The smallest absolute Gasteiger partial charge is 0.258 e. The van der Waals surface area contributed by atoms with E-state index in [1.165, 1.54) is 6.92 Å². The van der Waals surface area contributed by atoms with Crippen LogP contribution in [0.1, 0.15) is 35.3 Å². The fourth-order valence-electron chi connectivity index (χ4n) is 5.03. The lowest BCUT2D eigenvalue weighted by molar-refractivity contribution is -0.114. The summed E-state index contributed by atoms with van der Waals surface area (Å²) in [6.07, 6.45) is 1.00. The van der Waals surface area contributed by atoms with Gasteiger partial charge in [0.15, 0.2) is 0 Å². The number of benzene rings is 2. The molecule has 1 N–H and O–H groups in total. The molecule has 3 aromatic rings. The minimum atomic E-state index is -0.127. The fourth-order valence-corrected chi connectivity index (χ4v) is 5.03. The van der Waals surface area contributed by atoms with Crippen LogP contribution in [0.3, 0.4) is 0 Å². The zero-order valence-corrected chi connectivity index (χ0v) is 18.0. The number of fused-ring (bicyclic) bond motifs is 4. The first kappa shape index (κ1) is 20.2. The predicted octanol–water partition coefficient (Wildman–Crippen LogP) is 3.73. The van der Waals surface area contributed by atoms with Crippen molar-refractivity contribution in [1.82, 2.24) is 9.47 Å². The van der Waals surface area contributed by atoms with Gasteiger partial charge in [0.05, 0.1) is 0 Å². The van der Waals surface area contributed by atoms with Crippen LogP contribution < -0.4 is 10.9 Å². The fraction of sp³-hybridized carbons (Fsp3) is 0.269. The highest BCUT2D eigenvalue weighted by atomic mass is 16.2. The monoisotopic (exact) mass is 427 g/mol. The number of hydrogen-bond donors (Lipinski definition) is 1. The molecule has 162 valence electrons. The van der Waals surface area contributed by atoms with Crippen molar-refractivity contribution in [3.8, 4) is 11.1 Å². The molecule has 0 saturated carbocycles. The Kier molecular flexibility index (Phi) is 5.13. The number of rotatable bonds is 3. The Balaban J connectivity index is 1.42. The van der Waals surface area contributed by atoms with E-state index in [4.69, 9.17) is 0 Å². The van der Waals surface area contributed by atoms with Gasteiger partial charge in [0, 0.05) is 55.0 Å². The van der Waals surface area contributed by atoms with Crippen molar-refractivity contribution >= 4 is 17.5 Å². The van der Waals surface area contributed by atoms with Crippen molar-refractivity contribution in [2.24, 2.45) is 5.92 Å². The standard InChI is InChI=1S/C26H25N3O3/c1-17(30)27-22-9-7-19(8-10-22)23-11-12-24-21-13-18(15-29(24)26(23)32)14-28(16-21)25(31)20-5-3-2-4-6-20/h2-12,18,21H,13-16H2,1H3,(H,27,30)/t18-,21+/m0/s1. The predicted molar refractivity (Wildman–Crippen MR) is 124 cm³/mol. The summed E-state index contributed by atoms with van der Waals surface area (Å²) in [6.45, 7) is 3.40. The molecule has 2 amide bonds. The Morgan fingerprint density at radius 1 is 0.906 bits per heavy atom. The second kappa shape index (κ2) is 8.11. The Hall–Kier alpha value is -3.67. The largest absolute Gasteiger partial charge is 0.338 e. The maximum absolute atomic E-state index is 13.4. The molecule has 6 nitrogen and oxygen atoms in total. The Bertz CT molecular complexity index is 1230. The van der Waals surface area contributed by atoms with Crippen molar-refractivity contribution < 1.29 is 9.59 Å². The van der Waals surface area contributed by atoms with Crippen LogP contribution >= 0.6 is 0 Å². The number of hydrogen-bond acceptors (Lipinski definition) is 3. The number of anilines is 1. The maximum Gasteiger partial charge on any atom is 0.258 e. The van der Waals surface area contributed by atoms with E-state index in [1.54, 1.807) is 0 Å². The molecule has 2 bridgehead atoms. The van der Waals surface area contributed by atoms with Gasteiger partial charge in [-0.05, 0) is 54.3 Å². The average Bonchev–Trinajstić information content (AvgIpc) is 2.80. The molecule has 32 heavy (non-hydrogen) atoms. The molecular formula is C26H25N3O3. The molecule has 1 saturated heterocycles. The number of piperidine rings is 1. The minimum absolute atomic E-state index is 0.00677. The minimum Gasteiger partial charge on any atom is -0.338 e. The SMILES string of the molecule is CC(=O)Nc1ccc(-c2ccc3n(c2=O)C[C@H]2C[C@@H]3CN(C(=O)c3ccccc3)C2)cc1. The lowest BCUT2D eigenvalue weighted by Gasteiger charge is -2.43. The van der Waals surface area contributed by atoms with Gasteiger partial charge in [0.2, 0.25) is 5.91 Å². The quantitative estimate of drug-likeness (QED) is 0.692. The molecule has 1 fully saturated rings. The zero-order chi connectivity index (χ0) is 22.2. The molecule has 3 heterocycles. The first-order chi connectivity index (χ1) is 15.5. The number of nitrogens with zero attached hydrogens (tertiary/aromatic N) is 2. The van der Waals surface area contributed by atoms with Crippen molar-refractivity contribution in [3.05, 3.63) is 88.3 Å². The molecule has 2 aliphatic heterocycles. The second-order valence-corrected chi connectivity index (χ2v) is 8.72. The first-order valence-electron chi connectivity index (χ1n) is 11.0. The number of carbonyl (C=O) groups excluding carboxylic acids is 2. The van der Waals surface area contributed by atoms with E-state index >= 15 is 0 Å². The van der Waals surface area contributed by atoms with E-state index in [0.29, 0.717) is 36.4 Å². The van der Waals surface area contributed by atoms with Crippen LogP contribution in [0.2, 0.25) is 0 Å². The first-order valence-corrected chi connectivity index (χ1v) is 11.0. The molecule has 2 atom stereocenters. The van der Waals surface area contributed by atoms with Crippen molar-refractivity contribution in [3.63, 3.8) is 0 Å². The van der Waals surface area contributed by atoms with E-state index in [0.717, 1.165) is 17.7 Å². The van der Waals surface area contributed by atoms with E-state index in [1.807, 2.05) is 76.2 Å². The number of pyridine rings is 1. The second-order valence-electron chi connectivity index (χ2n) is 8.72. The topological polar surface area (TPSA) is 71.4 Å². The van der Waals surface area contributed by atoms with Crippen molar-refractivity contribution in [2.45, 2.75) is 25.8 Å². The molecule has 0 radical (unpaired) electrons. The summed E-state index contributed by atoms with van der Waals surface area (Å²) in [6, 6.07) is 20.7. The number of amides is 2. The third-order valence-corrected chi connectivity index (χ3v) is 6.43. The third kappa shape index (κ3) is 3.73. The van der Waals surface area contributed by atoms with E-state index < -0.39 is 0 Å². The van der Waals surface area contributed by atoms with Gasteiger partial charge in [-0.15, -0.1) is 0 Å². The lowest BCUT2D eigenvalue weighted by atomic mass is 9.82. The van der Waals surface area contributed by atoms with Crippen LogP contribution in [0, 0.1) is 5.92 Å². The number of nitrogens with one attached hydrogen (secondary N) is 1. The highest BCUT2D eigenvalue weighted by molar-refractivity contribution is 5.94. The Morgan fingerprint density at radius 3 is 2.38 bits per heavy atom. The maximum atomic E-state index is 13.4. The number of carbonyl (C=O) groups is 2. The molecule has 6 heteroatoms. The average molecular weight is 428 g/mol. The molecule has 0 aliphatic carbocycles. The Morgan fingerprint density at radius 2 is 1.66 bits per heavy atom. The summed E-state index contributed by atoms with van der Waals surface area (Å²) in [7, 11) is 0. The van der Waals surface area contributed by atoms with Gasteiger partial charge in [0.25, 0.3) is 11.5 Å². The highest BCUT2D eigenvalue weighted by Gasteiger charge is 2.36. The molecule has 1 aromatic heterocycles. The van der Waals surface area contributed by atoms with Crippen molar-refractivity contribution in [2.75, 3.05) is 18.4 Å². The van der Waals surface area contributed by atoms with E-state index in [9.17, 15) is 14.4 Å². The van der Waals surface area contributed by atoms with E-state index in [2.05, 4.69) is 5.32 Å². The highest BCUT2D eigenvalue weighted by Crippen LogP contribution is 2.36. The third-order valence-electron chi connectivity index (χ3n) is 6.43. The van der Waals surface area contributed by atoms with E-state index in [-0.39, 0.29) is 29.2 Å². The van der Waals surface area contributed by atoms with Crippen LogP contribution in [0.15, 0.2) is 71.5 Å². The number of aromatic nitrogens is 1. The van der Waals surface area contributed by atoms with Gasteiger partial charge in [-0.3, -0.25) is 14.4 Å². The van der Waals surface area contributed by atoms with Gasteiger partial charge in [-0.1, -0.05) is 30.3 Å². The summed E-state index contributed by atoms with van der Waals surface area (Å²) in [4.78, 5) is 39.5. The molecule has 5 rings (SSSR count). The molecule has 0 unspecified atom stereocenters. The molecule has 2 aromatic carbocycles. The van der Waals surface area contributed by atoms with Crippen LogP contribution in [0.25, 0.3) is 11.1 Å². The summed E-state index contributed by atoms with van der Waals surface area (Å²) >= 11 is 0. The van der Waals surface area contributed by atoms with Gasteiger partial charge < -0.3 is 14.8 Å². The summed E-state index contributed by atoms with van der Waals surface area (Å²) < 4.78 is 1.90. The summed E-state index contributed by atoms with van der Waals surface area (Å²) in [5, 5.41) is 2.75. The van der Waals surface area contributed by atoms with Crippen LogP contribution in [0.5, 0.6) is 0 Å². The zero-order valence-electron chi connectivity index (χ0n) is 18.0. The molecule has 0 spiro atoms. The Labute approximate surface area is 186 Å². The van der Waals surface area contributed by atoms with Gasteiger partial charge >= 0.3 is 0 Å². The number of likely N-dealkylation sites (tertiary alicyclic amines) is 1. The molecule has 2 aliphatic rings. The molecular weight excluding hydrogens is 402 g/mol. The van der Waals surface area contributed by atoms with Gasteiger partial charge in [-0.25, -0.2) is 0 Å². The van der Waals surface area contributed by atoms with Crippen LogP contribution in [0.4, 0.5) is 5.69 Å². The van der Waals surface area contributed by atoms with Crippen LogP contribution in [-0.2, 0) is 11.3 Å². The van der Waals surface area contributed by atoms with Gasteiger partial charge in [0.1, 0.15) is 0 Å². The normalized spacial score (nSPS) is 19.2. The van der Waals surface area contributed by atoms with Crippen LogP contribution in [-0.4, -0.2) is 34.4 Å². The van der Waals surface area contributed by atoms with Gasteiger partial charge in [-0.2, -0.15) is 0 Å². The summed E-state index contributed by atoms with van der Waals surface area (Å²) in [5.74, 6) is 0.368. The summed E-state index contributed by atoms with van der Waals surface area (Å²) in [5.41, 5.74) is 3.92.